The van der Waals surface area contributed by atoms with E-state index in [2.05, 4.69) is 5.32 Å². The van der Waals surface area contributed by atoms with E-state index in [0.717, 1.165) is 41.4 Å². The van der Waals surface area contributed by atoms with Crippen LogP contribution in [0.4, 0.5) is 0 Å². The molecule has 1 aliphatic rings. The average molecular weight is 240 g/mol. The zero-order valence-electron chi connectivity index (χ0n) is 9.85. The number of aryl methyl sites for hydroxylation is 2. The number of piperidine rings is 1. The average Bonchev–Trinajstić information content (AvgIpc) is 2.27. The number of halogens is 1. The van der Waals surface area contributed by atoms with E-state index in [0.29, 0.717) is 6.10 Å². The van der Waals surface area contributed by atoms with Gasteiger partial charge in [0.05, 0.1) is 0 Å². The number of nitrogens with one attached hydrogen (secondary N) is 1. The predicted molar refractivity (Wildman–Crippen MR) is 67.4 cm³/mol. The quantitative estimate of drug-likeness (QED) is 0.857. The van der Waals surface area contributed by atoms with E-state index in [4.69, 9.17) is 16.3 Å². The van der Waals surface area contributed by atoms with Crippen molar-refractivity contribution in [2.24, 2.45) is 0 Å². The SMILES string of the molecule is Cc1cc(O[C@@H]2CCCNC2)cc(C)c1Cl. The lowest BCUT2D eigenvalue weighted by Crippen LogP contribution is -2.37. The second-order valence-electron chi connectivity index (χ2n) is 4.46. The fourth-order valence-corrected chi connectivity index (χ4v) is 2.20. The molecule has 1 N–H and O–H groups in total. The van der Waals surface area contributed by atoms with Crippen LogP contribution < -0.4 is 10.1 Å². The minimum atomic E-state index is 0.300. The molecule has 0 unspecified atom stereocenters. The van der Waals surface area contributed by atoms with Crippen molar-refractivity contribution >= 4 is 11.6 Å². The molecule has 0 bridgehead atoms. The number of hydrogen-bond donors (Lipinski definition) is 1. The zero-order chi connectivity index (χ0) is 11.5. The molecule has 0 aromatic heterocycles. The highest BCUT2D eigenvalue weighted by atomic mass is 35.5. The monoisotopic (exact) mass is 239 g/mol. The molecule has 1 aromatic carbocycles. The lowest BCUT2D eigenvalue weighted by molar-refractivity contribution is 0.167. The van der Waals surface area contributed by atoms with Crippen molar-refractivity contribution in [3.63, 3.8) is 0 Å². The molecule has 0 aliphatic carbocycles. The molecule has 1 atom stereocenters. The van der Waals surface area contributed by atoms with Gasteiger partial charge in [-0.05, 0) is 56.5 Å². The van der Waals surface area contributed by atoms with Crippen LogP contribution in [0, 0.1) is 13.8 Å². The Morgan fingerprint density at radius 1 is 1.31 bits per heavy atom. The van der Waals surface area contributed by atoms with Gasteiger partial charge in [-0.15, -0.1) is 0 Å². The molecule has 2 nitrogen and oxygen atoms in total. The summed E-state index contributed by atoms with van der Waals surface area (Å²) >= 11 is 6.12. The van der Waals surface area contributed by atoms with Crippen LogP contribution in [0.15, 0.2) is 12.1 Å². The van der Waals surface area contributed by atoms with Gasteiger partial charge in [0.25, 0.3) is 0 Å². The molecule has 3 heteroatoms. The lowest BCUT2D eigenvalue weighted by Gasteiger charge is -2.24. The van der Waals surface area contributed by atoms with Crippen molar-refractivity contribution in [1.29, 1.82) is 0 Å². The molecule has 1 fully saturated rings. The van der Waals surface area contributed by atoms with Crippen molar-refractivity contribution < 1.29 is 4.74 Å². The van der Waals surface area contributed by atoms with Crippen LogP contribution in [0.1, 0.15) is 24.0 Å². The summed E-state index contributed by atoms with van der Waals surface area (Å²) in [6.07, 6.45) is 2.62. The van der Waals surface area contributed by atoms with Gasteiger partial charge in [-0.25, -0.2) is 0 Å². The minimum Gasteiger partial charge on any atom is -0.489 e. The zero-order valence-corrected chi connectivity index (χ0v) is 10.6. The summed E-state index contributed by atoms with van der Waals surface area (Å²) in [5.41, 5.74) is 2.17. The van der Waals surface area contributed by atoms with Gasteiger partial charge in [-0.2, -0.15) is 0 Å². The first-order valence-electron chi connectivity index (χ1n) is 5.81. The normalized spacial score (nSPS) is 20.8. The van der Waals surface area contributed by atoms with Crippen molar-refractivity contribution in [2.45, 2.75) is 32.8 Å². The number of rotatable bonds is 2. The fourth-order valence-electron chi connectivity index (χ4n) is 2.09. The summed E-state index contributed by atoms with van der Waals surface area (Å²) in [5.74, 6) is 0.938. The Balaban J connectivity index is 2.09. The molecular weight excluding hydrogens is 222 g/mol. The van der Waals surface area contributed by atoms with Gasteiger partial charge in [0, 0.05) is 11.6 Å². The predicted octanol–water partition coefficient (Wildman–Crippen LogP) is 3.09. The highest BCUT2D eigenvalue weighted by molar-refractivity contribution is 6.32. The Labute approximate surface area is 102 Å². The van der Waals surface area contributed by atoms with Crippen LogP contribution in [0.5, 0.6) is 5.75 Å². The van der Waals surface area contributed by atoms with Gasteiger partial charge in [-0.3, -0.25) is 0 Å². The standard InChI is InChI=1S/C13H18ClNO/c1-9-6-12(7-10(2)13(9)14)16-11-4-3-5-15-8-11/h6-7,11,15H,3-5,8H2,1-2H3/t11-/m1/s1. The molecule has 0 saturated carbocycles. The Morgan fingerprint density at radius 3 is 2.56 bits per heavy atom. The van der Waals surface area contributed by atoms with Gasteiger partial charge >= 0.3 is 0 Å². The van der Waals surface area contributed by atoms with Crippen LogP contribution in [0.25, 0.3) is 0 Å². The summed E-state index contributed by atoms with van der Waals surface area (Å²) in [4.78, 5) is 0. The molecule has 16 heavy (non-hydrogen) atoms. The summed E-state index contributed by atoms with van der Waals surface area (Å²) in [5, 5.41) is 4.19. The van der Waals surface area contributed by atoms with E-state index in [1.807, 2.05) is 26.0 Å². The molecule has 1 aromatic rings. The van der Waals surface area contributed by atoms with Crippen molar-refractivity contribution in [3.05, 3.63) is 28.3 Å². The van der Waals surface area contributed by atoms with Crippen molar-refractivity contribution in [1.82, 2.24) is 5.32 Å². The van der Waals surface area contributed by atoms with Crippen LogP contribution >= 0.6 is 11.6 Å². The summed E-state index contributed by atoms with van der Waals surface area (Å²) < 4.78 is 5.95. The molecule has 2 rings (SSSR count). The highest BCUT2D eigenvalue weighted by Crippen LogP contribution is 2.27. The summed E-state index contributed by atoms with van der Waals surface area (Å²) in [7, 11) is 0. The largest absolute Gasteiger partial charge is 0.489 e. The van der Waals surface area contributed by atoms with Crippen LogP contribution in [-0.2, 0) is 0 Å². The van der Waals surface area contributed by atoms with Crippen LogP contribution in [-0.4, -0.2) is 19.2 Å². The third-order valence-electron chi connectivity index (χ3n) is 2.96. The van der Waals surface area contributed by atoms with E-state index in [-0.39, 0.29) is 0 Å². The van der Waals surface area contributed by atoms with Crippen LogP contribution in [0.3, 0.4) is 0 Å². The van der Waals surface area contributed by atoms with Crippen LogP contribution in [0.2, 0.25) is 5.02 Å². The Hall–Kier alpha value is -0.730. The summed E-state index contributed by atoms with van der Waals surface area (Å²) in [6, 6.07) is 4.04. The Kier molecular flexibility index (Phi) is 3.72. The maximum atomic E-state index is 6.12. The van der Waals surface area contributed by atoms with Crippen molar-refractivity contribution in [3.8, 4) is 5.75 Å². The lowest BCUT2D eigenvalue weighted by atomic mass is 10.1. The van der Waals surface area contributed by atoms with E-state index in [9.17, 15) is 0 Å². The van der Waals surface area contributed by atoms with Gasteiger partial charge in [0.2, 0.25) is 0 Å². The third kappa shape index (κ3) is 2.69. The van der Waals surface area contributed by atoms with E-state index >= 15 is 0 Å². The van der Waals surface area contributed by atoms with E-state index in [1.54, 1.807) is 0 Å². The Morgan fingerprint density at radius 2 is 2.00 bits per heavy atom. The smallest absolute Gasteiger partial charge is 0.120 e. The second kappa shape index (κ2) is 5.07. The number of ether oxygens (including phenoxy) is 1. The van der Waals surface area contributed by atoms with Crippen molar-refractivity contribution in [2.75, 3.05) is 13.1 Å². The molecular formula is C13H18ClNO. The molecule has 0 radical (unpaired) electrons. The van der Waals surface area contributed by atoms with E-state index in [1.165, 1.54) is 6.42 Å². The minimum absolute atomic E-state index is 0.300. The maximum Gasteiger partial charge on any atom is 0.120 e. The van der Waals surface area contributed by atoms with E-state index < -0.39 is 0 Å². The summed E-state index contributed by atoms with van der Waals surface area (Å²) in [6.45, 7) is 6.09. The van der Waals surface area contributed by atoms with Gasteiger partial charge in [0.1, 0.15) is 11.9 Å². The first-order valence-corrected chi connectivity index (χ1v) is 6.19. The molecule has 1 saturated heterocycles. The Bertz CT molecular complexity index is 349. The molecule has 1 aliphatic heterocycles. The number of hydrogen-bond acceptors (Lipinski definition) is 2. The maximum absolute atomic E-state index is 6.12. The second-order valence-corrected chi connectivity index (χ2v) is 4.84. The van der Waals surface area contributed by atoms with Gasteiger partial charge in [0.15, 0.2) is 0 Å². The first-order chi connectivity index (χ1) is 7.66. The molecule has 88 valence electrons. The topological polar surface area (TPSA) is 21.3 Å². The van der Waals surface area contributed by atoms with Gasteiger partial charge < -0.3 is 10.1 Å². The van der Waals surface area contributed by atoms with Gasteiger partial charge in [-0.1, -0.05) is 11.6 Å². The first kappa shape index (κ1) is 11.7. The molecule has 1 heterocycles. The third-order valence-corrected chi connectivity index (χ3v) is 3.56. The number of benzene rings is 1. The highest BCUT2D eigenvalue weighted by Gasteiger charge is 2.15. The molecule has 0 spiro atoms. The molecule has 0 amide bonds. The fraction of sp³-hybridized carbons (Fsp3) is 0.538.